The molecule has 196 valence electrons. The molecule has 10 nitrogen and oxygen atoms in total. The molecular weight excluding hydrogens is 529 g/mol. The van der Waals surface area contributed by atoms with Crippen LogP contribution in [0.15, 0.2) is 64.6 Å². The molecular formula is C24H17F3N4O6S. The number of esters is 2. The third-order valence-corrected chi connectivity index (χ3v) is 6.58. The Bertz CT molecular complexity index is 1660. The minimum absolute atomic E-state index is 0.215. The van der Waals surface area contributed by atoms with E-state index < -0.39 is 35.3 Å². The number of ether oxygens (including phenoxy) is 1. The fourth-order valence-electron chi connectivity index (χ4n) is 3.41. The van der Waals surface area contributed by atoms with Crippen molar-refractivity contribution in [3.05, 3.63) is 103 Å². The van der Waals surface area contributed by atoms with E-state index in [0.29, 0.717) is 10.4 Å². The molecule has 0 aliphatic heterocycles. The number of carbonyl (C=O) groups is 3. The quantitative estimate of drug-likeness (QED) is 0.291. The van der Waals surface area contributed by atoms with Crippen molar-refractivity contribution in [2.75, 3.05) is 0 Å². The Hall–Kier alpha value is -4.59. The van der Waals surface area contributed by atoms with Gasteiger partial charge in [-0.2, -0.15) is 13.2 Å². The first-order valence-corrected chi connectivity index (χ1v) is 11.6. The average Bonchev–Trinajstić information content (AvgIpc) is 3.35. The maximum Gasteiger partial charge on any atom is 0.491 e. The van der Waals surface area contributed by atoms with E-state index in [4.69, 9.17) is 0 Å². The zero-order valence-corrected chi connectivity index (χ0v) is 20.3. The van der Waals surface area contributed by atoms with Gasteiger partial charge in [-0.1, -0.05) is 12.1 Å². The summed E-state index contributed by atoms with van der Waals surface area (Å²) in [6, 6.07) is 8.29. The summed E-state index contributed by atoms with van der Waals surface area (Å²) >= 11 is 0.988. The second-order valence-electron chi connectivity index (χ2n) is 7.98. The fourth-order valence-corrected chi connectivity index (χ4v) is 4.41. The highest BCUT2D eigenvalue weighted by Crippen LogP contribution is 2.19. The molecule has 14 heteroatoms. The van der Waals surface area contributed by atoms with Crippen LogP contribution in [0, 0.1) is 6.92 Å². The number of rotatable bonds is 6. The van der Waals surface area contributed by atoms with Gasteiger partial charge in [-0.15, -0.1) is 11.3 Å². The second-order valence-corrected chi connectivity index (χ2v) is 9.01. The van der Waals surface area contributed by atoms with Crippen molar-refractivity contribution in [3.8, 4) is 0 Å². The maximum atomic E-state index is 13.1. The summed E-state index contributed by atoms with van der Waals surface area (Å²) in [6.07, 6.45) is -0.805. The Morgan fingerprint density at radius 3 is 2.32 bits per heavy atom. The van der Waals surface area contributed by atoms with Crippen molar-refractivity contribution < 1.29 is 32.3 Å². The molecule has 0 unspecified atom stereocenters. The third kappa shape index (κ3) is 5.54. The van der Waals surface area contributed by atoms with Gasteiger partial charge in [0, 0.05) is 30.7 Å². The van der Waals surface area contributed by atoms with E-state index in [1.165, 1.54) is 29.7 Å². The Morgan fingerprint density at radius 2 is 1.68 bits per heavy atom. The molecule has 3 heterocycles. The zero-order chi connectivity index (χ0) is 27.6. The largest absolute Gasteiger partial charge is 0.491 e. The third-order valence-electron chi connectivity index (χ3n) is 5.37. The molecule has 0 saturated carbocycles. The van der Waals surface area contributed by atoms with Crippen LogP contribution in [0.25, 0.3) is 4.83 Å². The van der Waals surface area contributed by atoms with Crippen molar-refractivity contribution in [1.82, 2.24) is 19.3 Å². The van der Waals surface area contributed by atoms with Gasteiger partial charge in [-0.25, -0.2) is 14.4 Å². The summed E-state index contributed by atoms with van der Waals surface area (Å²) in [4.78, 5) is 65.7. The van der Waals surface area contributed by atoms with Crippen LogP contribution in [-0.2, 0) is 22.6 Å². The highest BCUT2D eigenvalue weighted by molar-refractivity contribution is 7.19. The molecule has 0 aliphatic rings. The monoisotopic (exact) mass is 546 g/mol. The molecule has 0 atom stereocenters. The number of alkyl halides is 3. The molecule has 0 saturated heterocycles. The first kappa shape index (κ1) is 26.5. The number of aryl methyl sites for hydroxylation is 1. The van der Waals surface area contributed by atoms with Gasteiger partial charge < -0.3 is 10.1 Å². The van der Waals surface area contributed by atoms with Crippen molar-refractivity contribution in [1.29, 1.82) is 0 Å². The van der Waals surface area contributed by atoms with Gasteiger partial charge in [-0.3, -0.25) is 23.5 Å². The van der Waals surface area contributed by atoms with E-state index in [1.807, 2.05) is 0 Å². The lowest BCUT2D eigenvalue weighted by Gasteiger charge is -2.09. The molecule has 0 bridgehead atoms. The minimum atomic E-state index is -5.32. The number of carbonyl (C=O) groups excluding carboxylic acids is 3. The summed E-state index contributed by atoms with van der Waals surface area (Å²) in [5.74, 6) is -4.57. The molecule has 0 fully saturated rings. The number of thiazole rings is 1. The van der Waals surface area contributed by atoms with E-state index in [9.17, 15) is 37.1 Å². The number of nitrogens with one attached hydrogen (secondary N) is 1. The van der Waals surface area contributed by atoms with Crippen LogP contribution in [0.1, 0.15) is 36.7 Å². The maximum absolute atomic E-state index is 13.1. The summed E-state index contributed by atoms with van der Waals surface area (Å²) in [5, 5.41) is 2.74. The predicted octanol–water partition coefficient (Wildman–Crippen LogP) is 2.45. The van der Waals surface area contributed by atoms with Gasteiger partial charge in [0.1, 0.15) is 9.71 Å². The Balaban J connectivity index is 1.55. The number of hydrogen-bond donors (Lipinski definition) is 1. The number of pyridine rings is 1. The minimum Gasteiger partial charge on any atom is -0.383 e. The highest BCUT2D eigenvalue weighted by atomic mass is 32.1. The lowest BCUT2D eigenvalue weighted by molar-refractivity contribution is -0.193. The lowest BCUT2D eigenvalue weighted by Crippen LogP contribution is -2.38. The molecule has 4 rings (SSSR count). The first-order chi connectivity index (χ1) is 18.0. The van der Waals surface area contributed by atoms with Crippen LogP contribution < -0.4 is 16.6 Å². The number of aromatic nitrogens is 3. The number of nitrogens with zero attached hydrogens (tertiary/aromatic N) is 3. The standard InChI is InChI=1S/C24H17F3N4O6S/c1-13-19(33)30(11-15-2-4-16(5-3-15)21(34)37-22(35)24(25,26)27)23(36)31-12-17(38-20(13)31)18(32)29-10-14-6-8-28-9-7-14/h2-9,12H,10-11H2,1H3,(H,29,32). The molecule has 1 aromatic carbocycles. The first-order valence-electron chi connectivity index (χ1n) is 10.8. The smallest absolute Gasteiger partial charge is 0.383 e. The Kier molecular flexibility index (Phi) is 7.26. The number of halogens is 3. The molecule has 0 spiro atoms. The van der Waals surface area contributed by atoms with E-state index in [0.717, 1.165) is 33.6 Å². The fraction of sp³-hybridized carbons (Fsp3) is 0.167. The summed E-state index contributed by atoms with van der Waals surface area (Å²) in [6.45, 7) is 1.53. The molecule has 1 amide bonds. The van der Waals surface area contributed by atoms with Gasteiger partial charge in [0.15, 0.2) is 0 Å². The summed E-state index contributed by atoms with van der Waals surface area (Å²) in [7, 11) is 0. The van der Waals surface area contributed by atoms with Crippen molar-refractivity contribution >= 4 is 34.0 Å². The van der Waals surface area contributed by atoms with Gasteiger partial charge in [-0.05, 0) is 42.3 Å². The van der Waals surface area contributed by atoms with E-state index in [2.05, 4.69) is 15.0 Å². The van der Waals surface area contributed by atoms with Crippen molar-refractivity contribution in [3.63, 3.8) is 0 Å². The summed E-state index contributed by atoms with van der Waals surface area (Å²) < 4.78 is 42.8. The number of fused-ring (bicyclic) bond motifs is 1. The van der Waals surface area contributed by atoms with E-state index >= 15 is 0 Å². The van der Waals surface area contributed by atoms with Gasteiger partial charge in [0.2, 0.25) is 0 Å². The van der Waals surface area contributed by atoms with E-state index in [1.54, 1.807) is 24.5 Å². The van der Waals surface area contributed by atoms with Crippen LogP contribution in [0.3, 0.4) is 0 Å². The average molecular weight is 546 g/mol. The molecule has 4 aromatic rings. The van der Waals surface area contributed by atoms with Crippen molar-refractivity contribution in [2.45, 2.75) is 26.2 Å². The normalized spacial score (nSPS) is 11.4. The van der Waals surface area contributed by atoms with Gasteiger partial charge >= 0.3 is 23.8 Å². The number of amides is 1. The second kappa shape index (κ2) is 10.4. The van der Waals surface area contributed by atoms with Crippen LogP contribution in [0.2, 0.25) is 0 Å². The zero-order valence-electron chi connectivity index (χ0n) is 19.4. The van der Waals surface area contributed by atoms with Crippen LogP contribution in [0.5, 0.6) is 0 Å². The van der Waals surface area contributed by atoms with Crippen LogP contribution in [-0.4, -0.2) is 38.0 Å². The van der Waals surface area contributed by atoms with Crippen LogP contribution in [0.4, 0.5) is 13.2 Å². The summed E-state index contributed by atoms with van der Waals surface area (Å²) in [5.41, 5.74) is -0.211. The van der Waals surface area contributed by atoms with Crippen molar-refractivity contribution in [2.24, 2.45) is 0 Å². The number of benzene rings is 1. The molecule has 3 aromatic heterocycles. The van der Waals surface area contributed by atoms with Crippen LogP contribution >= 0.6 is 11.3 Å². The molecule has 0 aliphatic carbocycles. The topological polar surface area (TPSA) is 129 Å². The van der Waals surface area contributed by atoms with Gasteiger partial charge in [0.25, 0.3) is 11.5 Å². The van der Waals surface area contributed by atoms with E-state index in [-0.39, 0.29) is 29.1 Å². The molecule has 0 radical (unpaired) electrons. The predicted molar refractivity (Wildman–Crippen MR) is 128 cm³/mol. The number of hydrogen-bond acceptors (Lipinski definition) is 8. The Labute approximate surface area is 214 Å². The highest BCUT2D eigenvalue weighted by Gasteiger charge is 2.42. The van der Waals surface area contributed by atoms with Gasteiger partial charge in [0.05, 0.1) is 12.1 Å². The molecule has 1 N–H and O–H groups in total. The lowest BCUT2D eigenvalue weighted by atomic mass is 10.1. The Morgan fingerprint density at radius 1 is 1.03 bits per heavy atom. The SMILES string of the molecule is Cc1c(=O)n(Cc2ccc(C(=O)OC(=O)C(F)(F)F)cc2)c(=O)n2cc(C(=O)NCc3ccncc3)sc12. The molecule has 38 heavy (non-hydrogen) atoms.